The number of halogens is 1. The van der Waals surface area contributed by atoms with Crippen molar-refractivity contribution in [1.82, 2.24) is 25.5 Å². The van der Waals surface area contributed by atoms with Crippen LogP contribution in [0.15, 0.2) is 47.6 Å². The van der Waals surface area contributed by atoms with Crippen LogP contribution in [0.1, 0.15) is 32.8 Å². The summed E-state index contributed by atoms with van der Waals surface area (Å²) in [6.07, 6.45) is 1.01. The molecule has 0 atom stereocenters. The predicted octanol–water partition coefficient (Wildman–Crippen LogP) is 4.77. The van der Waals surface area contributed by atoms with Gasteiger partial charge in [0.1, 0.15) is 0 Å². The number of hydrogen-bond acceptors (Lipinski definition) is 7. The summed E-state index contributed by atoms with van der Waals surface area (Å²) in [6, 6.07) is 13.8. The molecule has 0 bridgehead atoms. The van der Waals surface area contributed by atoms with E-state index in [1.165, 1.54) is 0 Å². The van der Waals surface area contributed by atoms with Gasteiger partial charge in [-0.25, -0.2) is 0 Å². The molecule has 1 aromatic heterocycles. The second kappa shape index (κ2) is 11.9. The largest absolute Gasteiger partial charge is 0.490 e. The Balaban J connectivity index is 1.47. The normalized spacial score (nSPS) is 11.1. The van der Waals surface area contributed by atoms with Crippen LogP contribution < -0.4 is 14.8 Å². The quantitative estimate of drug-likeness (QED) is 0.307. The molecular formula is C22H28ClN5O2S. The molecule has 0 aliphatic carbocycles. The molecule has 0 spiro atoms. The summed E-state index contributed by atoms with van der Waals surface area (Å²) < 4.78 is 13.3. The Hall–Kier alpha value is -2.29. The van der Waals surface area contributed by atoms with Gasteiger partial charge in [0.05, 0.1) is 23.4 Å². The molecular weight excluding hydrogens is 434 g/mol. The van der Waals surface area contributed by atoms with Crippen LogP contribution >= 0.6 is 23.4 Å². The zero-order valence-corrected chi connectivity index (χ0v) is 19.6. The monoisotopic (exact) mass is 461 g/mol. The summed E-state index contributed by atoms with van der Waals surface area (Å²) >= 11 is 8.09. The van der Waals surface area contributed by atoms with E-state index in [0.717, 1.165) is 35.1 Å². The zero-order valence-electron chi connectivity index (χ0n) is 18.0. The lowest BCUT2D eigenvalue weighted by molar-refractivity contribution is 0.224. The van der Waals surface area contributed by atoms with Gasteiger partial charge in [0.15, 0.2) is 11.5 Å². The van der Waals surface area contributed by atoms with Gasteiger partial charge in [-0.2, -0.15) is 4.68 Å². The molecule has 7 nitrogen and oxygen atoms in total. The van der Waals surface area contributed by atoms with E-state index >= 15 is 0 Å². The number of thioether (sulfide) groups is 1. The number of nitrogens with one attached hydrogen (secondary N) is 1. The van der Waals surface area contributed by atoms with Gasteiger partial charge >= 0.3 is 0 Å². The molecule has 0 aliphatic rings. The number of hydrogen-bond donors (Lipinski definition) is 1. The van der Waals surface area contributed by atoms with Crippen molar-refractivity contribution < 1.29 is 9.47 Å². The second-order valence-corrected chi connectivity index (χ2v) is 8.56. The van der Waals surface area contributed by atoms with Crippen molar-refractivity contribution in [2.75, 3.05) is 18.9 Å². The van der Waals surface area contributed by atoms with E-state index in [1.807, 2.05) is 63.2 Å². The van der Waals surface area contributed by atoms with E-state index in [4.69, 9.17) is 21.1 Å². The number of tetrazole rings is 1. The van der Waals surface area contributed by atoms with Gasteiger partial charge in [-0.3, -0.25) is 0 Å². The first-order valence-electron chi connectivity index (χ1n) is 10.4. The lowest BCUT2D eigenvalue weighted by Crippen LogP contribution is -2.16. The molecule has 0 amide bonds. The van der Waals surface area contributed by atoms with Gasteiger partial charge in [0.25, 0.3) is 0 Å². The third-order valence-electron chi connectivity index (χ3n) is 4.22. The Bertz CT molecular complexity index is 952. The van der Waals surface area contributed by atoms with Crippen molar-refractivity contribution in [1.29, 1.82) is 0 Å². The number of ether oxygens (including phenoxy) is 2. The van der Waals surface area contributed by atoms with Crippen LogP contribution in [0.4, 0.5) is 0 Å². The summed E-state index contributed by atoms with van der Waals surface area (Å²) in [5, 5.41) is 16.8. The fourth-order valence-corrected chi connectivity index (χ4v) is 4.04. The molecule has 0 aliphatic heterocycles. The molecule has 166 valence electrons. The maximum absolute atomic E-state index is 6.44. The van der Waals surface area contributed by atoms with Crippen molar-refractivity contribution in [3.8, 4) is 17.2 Å². The van der Waals surface area contributed by atoms with Crippen molar-refractivity contribution >= 4 is 23.4 Å². The van der Waals surface area contributed by atoms with Gasteiger partial charge in [-0.1, -0.05) is 41.6 Å². The average Bonchev–Trinajstić information content (AvgIpc) is 3.22. The number of nitrogens with zero attached hydrogens (tertiary/aromatic N) is 4. The van der Waals surface area contributed by atoms with Crippen LogP contribution in [0.2, 0.25) is 5.02 Å². The molecule has 1 N–H and O–H groups in total. The van der Waals surface area contributed by atoms with E-state index in [-0.39, 0.29) is 6.10 Å². The molecule has 3 rings (SSSR count). The van der Waals surface area contributed by atoms with Crippen molar-refractivity contribution in [2.24, 2.45) is 0 Å². The Kier molecular flexibility index (Phi) is 8.99. The SMILES string of the molecule is CCOc1cc(CNCCCSc2nnnn2-c2ccccc2)cc(Cl)c1OC(C)C. The van der Waals surface area contributed by atoms with E-state index in [2.05, 4.69) is 20.8 Å². The fraction of sp³-hybridized carbons (Fsp3) is 0.409. The van der Waals surface area contributed by atoms with Gasteiger partial charge in [0.2, 0.25) is 5.16 Å². The average molecular weight is 462 g/mol. The van der Waals surface area contributed by atoms with Crippen molar-refractivity contribution in [3.63, 3.8) is 0 Å². The highest BCUT2D eigenvalue weighted by Gasteiger charge is 2.14. The molecule has 9 heteroatoms. The summed E-state index contributed by atoms with van der Waals surface area (Å²) in [4.78, 5) is 0. The lowest BCUT2D eigenvalue weighted by atomic mass is 10.2. The van der Waals surface area contributed by atoms with E-state index < -0.39 is 0 Å². The Morgan fingerprint density at radius 3 is 2.74 bits per heavy atom. The number of aromatic nitrogens is 4. The molecule has 0 saturated carbocycles. The molecule has 3 aromatic rings. The van der Waals surface area contributed by atoms with E-state index in [0.29, 0.717) is 29.7 Å². The lowest BCUT2D eigenvalue weighted by Gasteiger charge is -2.17. The van der Waals surface area contributed by atoms with Gasteiger partial charge < -0.3 is 14.8 Å². The first kappa shape index (κ1) is 23.4. The number of benzene rings is 2. The number of para-hydroxylation sites is 1. The molecule has 0 radical (unpaired) electrons. The first-order chi connectivity index (χ1) is 15.1. The predicted molar refractivity (Wildman–Crippen MR) is 125 cm³/mol. The smallest absolute Gasteiger partial charge is 0.214 e. The van der Waals surface area contributed by atoms with E-state index in [9.17, 15) is 0 Å². The molecule has 0 unspecified atom stereocenters. The van der Waals surface area contributed by atoms with Gasteiger partial charge in [-0.05, 0) is 74.0 Å². The fourth-order valence-electron chi connectivity index (χ4n) is 2.93. The summed E-state index contributed by atoms with van der Waals surface area (Å²) in [5.41, 5.74) is 2.02. The van der Waals surface area contributed by atoms with E-state index in [1.54, 1.807) is 16.4 Å². The standard InChI is InChI=1S/C22H28ClN5O2S/c1-4-29-20-14-17(13-19(23)21(20)30-16(2)3)15-24-11-8-12-31-22-25-26-27-28(22)18-9-6-5-7-10-18/h5-7,9-10,13-14,16,24H,4,8,11-12,15H2,1-3H3. The van der Waals surface area contributed by atoms with Crippen LogP contribution in [-0.4, -0.2) is 45.2 Å². The molecule has 31 heavy (non-hydrogen) atoms. The summed E-state index contributed by atoms with van der Waals surface area (Å²) in [7, 11) is 0. The topological polar surface area (TPSA) is 74.1 Å². The zero-order chi connectivity index (χ0) is 22.1. The van der Waals surface area contributed by atoms with Gasteiger partial charge in [0, 0.05) is 12.3 Å². The maximum atomic E-state index is 6.44. The summed E-state index contributed by atoms with van der Waals surface area (Å²) in [5.74, 6) is 2.20. The minimum Gasteiger partial charge on any atom is -0.490 e. The second-order valence-electron chi connectivity index (χ2n) is 7.09. The highest BCUT2D eigenvalue weighted by molar-refractivity contribution is 7.99. The Labute approximate surface area is 192 Å². The van der Waals surface area contributed by atoms with Crippen molar-refractivity contribution in [3.05, 3.63) is 53.1 Å². The van der Waals surface area contributed by atoms with Gasteiger partial charge in [-0.15, -0.1) is 5.10 Å². The highest BCUT2D eigenvalue weighted by Crippen LogP contribution is 2.37. The third-order valence-corrected chi connectivity index (χ3v) is 5.51. The minimum absolute atomic E-state index is 0.0288. The van der Waals surface area contributed by atoms with Crippen molar-refractivity contribution in [2.45, 2.75) is 45.0 Å². The minimum atomic E-state index is 0.0288. The highest BCUT2D eigenvalue weighted by atomic mass is 35.5. The molecule has 2 aromatic carbocycles. The van der Waals surface area contributed by atoms with Crippen LogP contribution in [0.3, 0.4) is 0 Å². The first-order valence-corrected chi connectivity index (χ1v) is 11.7. The van der Waals surface area contributed by atoms with Crippen LogP contribution in [-0.2, 0) is 6.54 Å². The Morgan fingerprint density at radius 2 is 2.00 bits per heavy atom. The maximum Gasteiger partial charge on any atom is 0.214 e. The summed E-state index contributed by atoms with van der Waals surface area (Å²) in [6.45, 7) is 8.01. The van der Waals surface area contributed by atoms with Crippen LogP contribution in [0.5, 0.6) is 11.5 Å². The van der Waals surface area contributed by atoms with Crippen LogP contribution in [0, 0.1) is 0 Å². The molecule has 0 fully saturated rings. The molecule has 1 heterocycles. The molecule has 0 saturated heterocycles. The number of rotatable bonds is 12. The van der Waals surface area contributed by atoms with Crippen LogP contribution in [0.25, 0.3) is 5.69 Å². The third kappa shape index (κ3) is 6.85. The Morgan fingerprint density at radius 1 is 1.19 bits per heavy atom.